The van der Waals surface area contributed by atoms with E-state index in [0.717, 1.165) is 5.75 Å². The Morgan fingerprint density at radius 3 is 2.38 bits per heavy atom. The van der Waals surface area contributed by atoms with Crippen LogP contribution in [0.5, 0.6) is 0 Å². The minimum absolute atomic E-state index is 0.971. The van der Waals surface area contributed by atoms with E-state index in [1.165, 1.54) is 0 Å². The third kappa shape index (κ3) is 1.95. The zero-order valence-electron chi connectivity index (χ0n) is 3.98. The summed E-state index contributed by atoms with van der Waals surface area (Å²) in [6, 6.07) is 0. The Labute approximate surface area is 67.0 Å². The fourth-order valence-corrected chi connectivity index (χ4v) is 5.29. The van der Waals surface area contributed by atoms with Crippen LogP contribution in [0, 0.1) is 0 Å². The van der Waals surface area contributed by atoms with Gasteiger partial charge in [-0.15, -0.1) is 23.3 Å². The van der Waals surface area contributed by atoms with Crippen molar-refractivity contribution in [3.8, 4) is 0 Å². The smallest absolute Gasteiger partial charge is 0.0231 e. The molecule has 0 aromatic carbocycles. The van der Waals surface area contributed by atoms with E-state index in [1.54, 1.807) is 10.8 Å². The monoisotopic (exact) mass is 202 g/mol. The van der Waals surface area contributed by atoms with Crippen LogP contribution < -0.4 is 0 Å². The van der Waals surface area contributed by atoms with Crippen molar-refractivity contribution in [2.24, 2.45) is 0 Å². The van der Waals surface area contributed by atoms with Gasteiger partial charge in [0.25, 0.3) is 0 Å². The highest BCUT2D eigenvalue weighted by Crippen LogP contribution is 2.53. The summed E-state index contributed by atoms with van der Waals surface area (Å²) in [6.07, 6.45) is 2.03. The second-order valence-corrected chi connectivity index (χ2v) is 17.9. The Kier molecular flexibility index (Phi) is 1.79. The molecule has 0 nitrogen and oxygen atoms in total. The Bertz CT molecular complexity index is 184. The van der Waals surface area contributed by atoms with Crippen molar-refractivity contribution < 1.29 is 0 Å². The normalized spacial score (nSPS) is 36.0. The molecule has 0 amide bonds. The summed E-state index contributed by atoms with van der Waals surface area (Å²) in [5.41, 5.74) is 0. The molecule has 0 radical (unpaired) electrons. The molecule has 1 rings (SSSR count). The van der Waals surface area contributed by atoms with Crippen molar-refractivity contribution in [2.45, 2.75) is 0 Å². The summed E-state index contributed by atoms with van der Waals surface area (Å²) < 4.78 is 0. The molecule has 0 bridgehead atoms. The van der Waals surface area contributed by atoms with Gasteiger partial charge in [0.2, 0.25) is 0 Å². The molecule has 48 valence electrons. The van der Waals surface area contributed by atoms with Crippen LogP contribution in [-0.4, -0.2) is 5.75 Å². The maximum Gasteiger partial charge on any atom is 0.0231 e. The molecule has 0 unspecified atom stereocenters. The number of hydrogen-bond acceptors (Lipinski definition) is 2. The van der Waals surface area contributed by atoms with E-state index in [4.69, 9.17) is 11.2 Å². The first-order chi connectivity index (χ1) is 3.47. The third-order valence-electron chi connectivity index (χ3n) is 0.715. The average molecular weight is 202 g/mol. The van der Waals surface area contributed by atoms with E-state index >= 15 is 0 Å². The second-order valence-electron chi connectivity index (χ2n) is 1.51. The zero-order chi connectivity index (χ0) is 6.28. The Morgan fingerprint density at radius 1 is 1.62 bits per heavy atom. The zero-order valence-corrected chi connectivity index (χ0v) is 8.22. The van der Waals surface area contributed by atoms with Crippen LogP contribution in [0.25, 0.3) is 0 Å². The first-order valence-corrected chi connectivity index (χ1v) is 8.60. The lowest BCUT2D eigenvalue weighted by Crippen LogP contribution is -1.97. The fraction of sp³-hybridized carbons (Fsp3) is 0.333. The second kappa shape index (κ2) is 1.92. The van der Waals surface area contributed by atoms with Crippen molar-refractivity contribution in [2.75, 3.05) is 5.75 Å². The highest BCUT2D eigenvalue weighted by Gasteiger charge is 2.23. The molecule has 0 aromatic heterocycles. The highest BCUT2D eigenvalue weighted by molar-refractivity contribution is 9.45. The quantitative estimate of drug-likeness (QED) is 0.455. The van der Waals surface area contributed by atoms with Gasteiger partial charge < -0.3 is 0 Å². The average Bonchev–Trinajstić information content (AvgIpc) is 1.81. The molecule has 0 spiro atoms. The summed E-state index contributed by atoms with van der Waals surface area (Å²) in [4.78, 5) is -2.06. The van der Waals surface area contributed by atoms with Gasteiger partial charge in [-0.1, -0.05) is 21.7 Å². The number of hydrogen-bond donors (Lipinski definition) is 2. The highest BCUT2D eigenvalue weighted by atomic mass is 34.0. The van der Waals surface area contributed by atoms with Crippen molar-refractivity contribution in [1.82, 2.24) is 0 Å². The van der Waals surface area contributed by atoms with E-state index in [9.17, 15) is 0 Å². The summed E-state index contributed by atoms with van der Waals surface area (Å²) in [5, 5.41) is 1.93. The summed E-state index contributed by atoms with van der Waals surface area (Å²) in [7, 11) is 1.64. The van der Waals surface area contributed by atoms with Gasteiger partial charge in [-0.25, -0.2) is 0 Å². The van der Waals surface area contributed by atoms with Gasteiger partial charge in [-0.3, -0.25) is 0 Å². The van der Waals surface area contributed by atoms with Crippen molar-refractivity contribution in [3.05, 3.63) is 11.5 Å². The molecule has 1 aliphatic heterocycles. The van der Waals surface area contributed by atoms with Crippen LogP contribution in [-0.2, 0) is 16.0 Å². The molecule has 5 heteroatoms. The number of rotatable bonds is 0. The lowest BCUT2D eigenvalue weighted by Gasteiger charge is -2.25. The van der Waals surface area contributed by atoms with Gasteiger partial charge >= 0.3 is 0 Å². The molecule has 0 aromatic rings. The van der Waals surface area contributed by atoms with Gasteiger partial charge in [0.05, 0.1) is 0 Å². The SMILES string of the molecule is S=S1(S)(S)C=CCS1. The number of thiol groups is 2. The Hall–Kier alpha value is 1.36. The third-order valence-corrected chi connectivity index (χ3v) is 8.04. The lowest BCUT2D eigenvalue weighted by molar-refractivity contribution is 1.84. The van der Waals surface area contributed by atoms with E-state index < -0.39 is 4.82 Å². The van der Waals surface area contributed by atoms with Crippen LogP contribution in [0.4, 0.5) is 0 Å². The van der Waals surface area contributed by atoms with Gasteiger partial charge in [-0.05, 0) is 16.6 Å². The van der Waals surface area contributed by atoms with E-state index in [0.29, 0.717) is 0 Å². The summed E-state index contributed by atoms with van der Waals surface area (Å²) in [5.74, 6) is 0.971. The van der Waals surface area contributed by atoms with E-state index in [2.05, 4.69) is 23.3 Å². The molecule has 8 heavy (non-hydrogen) atoms. The summed E-state index contributed by atoms with van der Waals surface area (Å²) >= 11 is 13.7. The molecular formula is C3H6S5. The Morgan fingerprint density at radius 2 is 2.25 bits per heavy atom. The van der Waals surface area contributed by atoms with Crippen LogP contribution in [0.2, 0.25) is 0 Å². The topological polar surface area (TPSA) is 0 Å². The molecule has 0 saturated carbocycles. The predicted molar refractivity (Wildman–Crippen MR) is 54.3 cm³/mol. The van der Waals surface area contributed by atoms with Gasteiger partial charge in [0, 0.05) is 5.75 Å². The maximum atomic E-state index is 5.13. The molecule has 0 N–H and O–H groups in total. The predicted octanol–water partition coefficient (Wildman–Crippen LogP) is 2.00. The van der Waals surface area contributed by atoms with Crippen LogP contribution in [0.1, 0.15) is 0 Å². The fourth-order valence-electron chi connectivity index (χ4n) is 0.410. The molecule has 0 atom stereocenters. The molecular weight excluding hydrogens is 196 g/mol. The molecule has 1 aliphatic rings. The van der Waals surface area contributed by atoms with Gasteiger partial charge in [0.15, 0.2) is 0 Å². The first kappa shape index (κ1) is 7.47. The van der Waals surface area contributed by atoms with Crippen LogP contribution in [0.15, 0.2) is 11.5 Å². The largest absolute Gasteiger partial charge is 0.104 e. The lowest BCUT2D eigenvalue weighted by atomic mass is 10.8. The van der Waals surface area contributed by atoms with Crippen molar-refractivity contribution in [1.29, 1.82) is 0 Å². The van der Waals surface area contributed by atoms with Crippen LogP contribution in [0.3, 0.4) is 0 Å². The molecule has 0 fully saturated rings. The molecule has 0 saturated heterocycles. The van der Waals surface area contributed by atoms with Gasteiger partial charge in [-0.2, -0.15) is 0 Å². The van der Waals surface area contributed by atoms with Gasteiger partial charge in [0.1, 0.15) is 0 Å². The van der Waals surface area contributed by atoms with E-state index in [1.807, 2.05) is 11.5 Å². The first-order valence-electron chi connectivity index (χ1n) is 1.96. The van der Waals surface area contributed by atoms with Crippen molar-refractivity contribution in [3.63, 3.8) is 0 Å². The Balaban J connectivity index is 3.02. The molecule has 1 heterocycles. The van der Waals surface area contributed by atoms with Crippen molar-refractivity contribution >= 4 is 50.1 Å². The minimum atomic E-state index is -2.06. The summed E-state index contributed by atoms with van der Waals surface area (Å²) in [6.45, 7) is 0. The van der Waals surface area contributed by atoms with Crippen LogP contribution >= 0.6 is 34.1 Å². The standard InChI is InChI=1S/C3H6S5/c4-8(5,6)3-1-2-7-8/h1,3H,2H2,(H2,4,5,6). The van der Waals surface area contributed by atoms with E-state index in [-0.39, 0.29) is 0 Å². The minimum Gasteiger partial charge on any atom is -0.104 e. The maximum absolute atomic E-state index is 5.13. The molecule has 0 aliphatic carbocycles.